The zero-order valence-corrected chi connectivity index (χ0v) is 8.21. The molecule has 0 aromatic carbocycles. The van der Waals surface area contributed by atoms with Gasteiger partial charge < -0.3 is 14.6 Å². The first-order chi connectivity index (χ1) is 6.18. The molecule has 13 heavy (non-hydrogen) atoms. The molecule has 1 spiro atoms. The number of aliphatic hydroxyl groups is 1. The van der Waals surface area contributed by atoms with Crippen molar-refractivity contribution < 1.29 is 14.6 Å². The van der Waals surface area contributed by atoms with Crippen LogP contribution < -0.4 is 0 Å². The lowest BCUT2D eigenvalue weighted by Gasteiger charge is -2.42. The van der Waals surface area contributed by atoms with Gasteiger partial charge in [-0.05, 0) is 12.8 Å². The topological polar surface area (TPSA) is 38.7 Å². The molecule has 2 fully saturated rings. The average Bonchev–Trinajstić information content (AvgIpc) is 2.61. The molecular formula is C10H18O3. The fourth-order valence-electron chi connectivity index (χ4n) is 1.99. The second-order valence-electron chi connectivity index (χ2n) is 4.66. The maximum Gasteiger partial charge on any atom is 0.168 e. The van der Waals surface area contributed by atoms with Gasteiger partial charge in [0.1, 0.15) is 0 Å². The normalized spacial score (nSPS) is 30.9. The fourth-order valence-corrected chi connectivity index (χ4v) is 1.99. The highest BCUT2D eigenvalue weighted by Gasteiger charge is 2.43. The molecule has 1 saturated heterocycles. The SMILES string of the molecule is CC1(CO)COC2(CCCC2)OC1. The smallest absolute Gasteiger partial charge is 0.168 e. The van der Waals surface area contributed by atoms with E-state index in [2.05, 4.69) is 0 Å². The second kappa shape index (κ2) is 3.23. The summed E-state index contributed by atoms with van der Waals surface area (Å²) in [5, 5.41) is 9.12. The Balaban J connectivity index is 1.95. The third kappa shape index (κ3) is 1.73. The Hall–Kier alpha value is -0.120. The summed E-state index contributed by atoms with van der Waals surface area (Å²) in [6, 6.07) is 0. The van der Waals surface area contributed by atoms with Gasteiger partial charge in [-0.1, -0.05) is 6.92 Å². The summed E-state index contributed by atoms with van der Waals surface area (Å²) in [4.78, 5) is 0. The first-order valence-corrected chi connectivity index (χ1v) is 5.07. The van der Waals surface area contributed by atoms with Crippen LogP contribution in [0.3, 0.4) is 0 Å². The van der Waals surface area contributed by atoms with Crippen LogP contribution in [-0.2, 0) is 9.47 Å². The first kappa shape index (κ1) is 9.44. The molecule has 1 N–H and O–H groups in total. The van der Waals surface area contributed by atoms with E-state index >= 15 is 0 Å². The quantitative estimate of drug-likeness (QED) is 0.671. The monoisotopic (exact) mass is 186 g/mol. The van der Waals surface area contributed by atoms with E-state index in [0.717, 1.165) is 12.8 Å². The van der Waals surface area contributed by atoms with Crippen LogP contribution in [0.4, 0.5) is 0 Å². The Morgan fingerprint density at radius 2 is 1.69 bits per heavy atom. The molecule has 0 amide bonds. The van der Waals surface area contributed by atoms with Crippen molar-refractivity contribution in [3.63, 3.8) is 0 Å². The van der Waals surface area contributed by atoms with Crippen molar-refractivity contribution in [1.29, 1.82) is 0 Å². The summed E-state index contributed by atoms with van der Waals surface area (Å²) in [5.74, 6) is -0.283. The highest BCUT2D eigenvalue weighted by atomic mass is 16.7. The molecule has 1 aliphatic carbocycles. The van der Waals surface area contributed by atoms with Gasteiger partial charge in [0.05, 0.1) is 19.8 Å². The van der Waals surface area contributed by atoms with Gasteiger partial charge >= 0.3 is 0 Å². The number of hydrogen-bond acceptors (Lipinski definition) is 3. The summed E-state index contributed by atoms with van der Waals surface area (Å²) in [7, 11) is 0. The minimum absolute atomic E-state index is 0.142. The summed E-state index contributed by atoms with van der Waals surface area (Å²) in [6.45, 7) is 3.39. The van der Waals surface area contributed by atoms with E-state index in [9.17, 15) is 0 Å². The highest BCUT2D eigenvalue weighted by Crippen LogP contribution is 2.40. The van der Waals surface area contributed by atoms with E-state index in [-0.39, 0.29) is 17.8 Å². The van der Waals surface area contributed by atoms with Gasteiger partial charge in [-0.3, -0.25) is 0 Å². The summed E-state index contributed by atoms with van der Waals surface area (Å²) in [5.41, 5.74) is -0.187. The van der Waals surface area contributed by atoms with Crippen molar-refractivity contribution in [2.75, 3.05) is 19.8 Å². The molecule has 3 nitrogen and oxygen atoms in total. The lowest BCUT2D eigenvalue weighted by molar-refractivity contribution is -0.301. The molecule has 0 bridgehead atoms. The highest BCUT2D eigenvalue weighted by molar-refractivity contribution is 4.85. The van der Waals surface area contributed by atoms with Crippen molar-refractivity contribution in [3.8, 4) is 0 Å². The largest absolute Gasteiger partial charge is 0.396 e. The van der Waals surface area contributed by atoms with E-state index < -0.39 is 0 Å². The van der Waals surface area contributed by atoms with Crippen LogP contribution in [-0.4, -0.2) is 30.7 Å². The molecule has 0 radical (unpaired) electrons. The maximum atomic E-state index is 9.12. The van der Waals surface area contributed by atoms with Crippen LogP contribution in [0, 0.1) is 5.41 Å². The van der Waals surface area contributed by atoms with E-state index in [1.54, 1.807) is 0 Å². The molecular weight excluding hydrogens is 168 g/mol. The summed E-state index contributed by atoms with van der Waals surface area (Å²) < 4.78 is 11.5. The molecule has 1 heterocycles. The van der Waals surface area contributed by atoms with E-state index in [0.29, 0.717) is 13.2 Å². The number of ether oxygens (including phenoxy) is 2. The van der Waals surface area contributed by atoms with Crippen LogP contribution in [0.1, 0.15) is 32.6 Å². The first-order valence-electron chi connectivity index (χ1n) is 5.07. The van der Waals surface area contributed by atoms with Gasteiger partial charge in [-0.2, -0.15) is 0 Å². The lowest BCUT2D eigenvalue weighted by Crippen LogP contribution is -2.48. The van der Waals surface area contributed by atoms with Crippen LogP contribution in [0.15, 0.2) is 0 Å². The van der Waals surface area contributed by atoms with Gasteiger partial charge in [0, 0.05) is 18.3 Å². The molecule has 76 valence electrons. The third-order valence-corrected chi connectivity index (χ3v) is 3.11. The van der Waals surface area contributed by atoms with Gasteiger partial charge in [0.25, 0.3) is 0 Å². The van der Waals surface area contributed by atoms with Crippen LogP contribution in [0.25, 0.3) is 0 Å². The second-order valence-corrected chi connectivity index (χ2v) is 4.66. The number of hydrogen-bond donors (Lipinski definition) is 1. The van der Waals surface area contributed by atoms with Gasteiger partial charge in [0.15, 0.2) is 5.79 Å². The standard InChI is InChI=1S/C10H18O3/c1-9(6-11)7-12-10(13-8-9)4-2-3-5-10/h11H,2-8H2,1H3. The molecule has 3 heteroatoms. The maximum absolute atomic E-state index is 9.12. The number of aliphatic hydroxyl groups excluding tert-OH is 1. The Kier molecular flexibility index (Phi) is 2.34. The average molecular weight is 186 g/mol. The molecule has 2 aliphatic rings. The van der Waals surface area contributed by atoms with Crippen molar-refractivity contribution >= 4 is 0 Å². The molecule has 1 aliphatic heterocycles. The minimum atomic E-state index is -0.283. The Morgan fingerprint density at radius 3 is 2.15 bits per heavy atom. The third-order valence-electron chi connectivity index (χ3n) is 3.11. The van der Waals surface area contributed by atoms with Crippen molar-refractivity contribution in [2.24, 2.45) is 5.41 Å². The number of rotatable bonds is 1. The molecule has 0 atom stereocenters. The Bertz CT molecular complexity index is 175. The predicted molar refractivity (Wildman–Crippen MR) is 48.3 cm³/mol. The van der Waals surface area contributed by atoms with Gasteiger partial charge in [-0.15, -0.1) is 0 Å². The van der Waals surface area contributed by atoms with Crippen LogP contribution >= 0.6 is 0 Å². The van der Waals surface area contributed by atoms with E-state index in [1.165, 1.54) is 12.8 Å². The van der Waals surface area contributed by atoms with Crippen molar-refractivity contribution in [3.05, 3.63) is 0 Å². The molecule has 1 saturated carbocycles. The van der Waals surface area contributed by atoms with Gasteiger partial charge in [0.2, 0.25) is 0 Å². The van der Waals surface area contributed by atoms with E-state index in [4.69, 9.17) is 14.6 Å². The van der Waals surface area contributed by atoms with Gasteiger partial charge in [-0.25, -0.2) is 0 Å². The fraction of sp³-hybridized carbons (Fsp3) is 1.00. The molecule has 0 aromatic heterocycles. The molecule has 2 rings (SSSR count). The predicted octanol–water partition coefficient (Wildman–Crippen LogP) is 1.30. The Labute approximate surface area is 79.0 Å². The lowest BCUT2D eigenvalue weighted by atomic mass is 9.92. The zero-order valence-electron chi connectivity index (χ0n) is 8.21. The summed E-state index contributed by atoms with van der Waals surface area (Å²) in [6.07, 6.45) is 4.45. The van der Waals surface area contributed by atoms with Crippen LogP contribution in [0.5, 0.6) is 0 Å². The van der Waals surface area contributed by atoms with Crippen LogP contribution in [0.2, 0.25) is 0 Å². The molecule has 0 aromatic rings. The zero-order chi connectivity index (χ0) is 9.36. The van der Waals surface area contributed by atoms with Crippen molar-refractivity contribution in [2.45, 2.75) is 38.4 Å². The summed E-state index contributed by atoms with van der Waals surface area (Å²) >= 11 is 0. The molecule has 0 unspecified atom stereocenters. The van der Waals surface area contributed by atoms with Crippen molar-refractivity contribution in [1.82, 2.24) is 0 Å². The van der Waals surface area contributed by atoms with E-state index in [1.807, 2.05) is 6.92 Å². The minimum Gasteiger partial charge on any atom is -0.396 e. The Morgan fingerprint density at radius 1 is 1.15 bits per heavy atom.